The Bertz CT molecular complexity index is 306. The number of piperidine rings is 1. The van der Waals surface area contributed by atoms with E-state index in [1.807, 2.05) is 20.8 Å². The quantitative estimate of drug-likeness (QED) is 0.766. The molecular formula is C11H24N2O2S. The van der Waals surface area contributed by atoms with Crippen LogP contribution in [0.25, 0.3) is 0 Å². The number of hydrogen-bond acceptors (Lipinski definition) is 3. The molecule has 1 rings (SSSR count). The van der Waals surface area contributed by atoms with Crippen molar-refractivity contribution in [1.29, 1.82) is 0 Å². The SMILES string of the molecule is CCC(C)(C)NS(=O)(=O)CC1CCCNC1. The summed E-state index contributed by atoms with van der Waals surface area (Å²) in [5, 5.41) is 3.24. The fraction of sp³-hybridized carbons (Fsp3) is 1.00. The van der Waals surface area contributed by atoms with Gasteiger partial charge < -0.3 is 5.32 Å². The molecule has 1 aliphatic rings. The normalized spacial score (nSPS) is 23.3. The monoisotopic (exact) mass is 248 g/mol. The van der Waals surface area contributed by atoms with E-state index in [2.05, 4.69) is 10.0 Å². The summed E-state index contributed by atoms with van der Waals surface area (Å²) in [6, 6.07) is 0. The minimum atomic E-state index is -3.14. The maximum Gasteiger partial charge on any atom is 0.212 e. The Morgan fingerprint density at radius 2 is 2.12 bits per heavy atom. The Morgan fingerprint density at radius 1 is 1.44 bits per heavy atom. The van der Waals surface area contributed by atoms with Crippen LogP contribution in [0, 0.1) is 5.92 Å². The molecule has 0 amide bonds. The van der Waals surface area contributed by atoms with Crippen molar-refractivity contribution in [2.24, 2.45) is 5.92 Å². The Labute approximate surface area is 99.2 Å². The van der Waals surface area contributed by atoms with Crippen molar-refractivity contribution >= 4 is 10.0 Å². The number of rotatable bonds is 5. The molecule has 16 heavy (non-hydrogen) atoms. The van der Waals surface area contributed by atoms with Gasteiger partial charge in [0, 0.05) is 5.54 Å². The van der Waals surface area contributed by atoms with E-state index >= 15 is 0 Å². The van der Waals surface area contributed by atoms with Gasteiger partial charge in [0.25, 0.3) is 0 Å². The number of nitrogens with one attached hydrogen (secondary N) is 2. The lowest BCUT2D eigenvalue weighted by molar-refractivity contribution is 0.394. The highest BCUT2D eigenvalue weighted by atomic mass is 32.2. The fourth-order valence-electron chi connectivity index (χ4n) is 1.91. The lowest BCUT2D eigenvalue weighted by Gasteiger charge is -2.27. The molecule has 4 nitrogen and oxygen atoms in total. The van der Waals surface area contributed by atoms with Crippen molar-refractivity contribution in [3.63, 3.8) is 0 Å². The van der Waals surface area contributed by atoms with Gasteiger partial charge in [0.2, 0.25) is 10.0 Å². The summed E-state index contributed by atoms with van der Waals surface area (Å²) in [5.74, 6) is 0.516. The molecule has 5 heteroatoms. The van der Waals surface area contributed by atoms with Gasteiger partial charge in [-0.2, -0.15) is 0 Å². The third-order valence-electron chi connectivity index (χ3n) is 3.17. The third kappa shape index (κ3) is 4.80. The van der Waals surface area contributed by atoms with E-state index < -0.39 is 10.0 Å². The zero-order valence-corrected chi connectivity index (χ0v) is 11.4. The van der Waals surface area contributed by atoms with Gasteiger partial charge in [-0.3, -0.25) is 0 Å². The first-order valence-corrected chi connectivity index (χ1v) is 7.72. The predicted molar refractivity (Wildman–Crippen MR) is 66.9 cm³/mol. The van der Waals surface area contributed by atoms with E-state index in [0.29, 0.717) is 0 Å². The van der Waals surface area contributed by atoms with Crippen molar-refractivity contribution in [2.45, 2.75) is 45.6 Å². The van der Waals surface area contributed by atoms with Crippen LogP contribution in [0.15, 0.2) is 0 Å². The second-order valence-electron chi connectivity index (χ2n) is 5.33. The van der Waals surface area contributed by atoms with E-state index in [0.717, 1.165) is 32.4 Å². The van der Waals surface area contributed by atoms with Crippen LogP contribution in [0.5, 0.6) is 0 Å². The topological polar surface area (TPSA) is 58.2 Å². The van der Waals surface area contributed by atoms with Gasteiger partial charge in [-0.15, -0.1) is 0 Å². The first kappa shape index (κ1) is 13.9. The zero-order valence-electron chi connectivity index (χ0n) is 10.5. The van der Waals surface area contributed by atoms with Gasteiger partial charge >= 0.3 is 0 Å². The van der Waals surface area contributed by atoms with E-state index in [-0.39, 0.29) is 17.2 Å². The maximum absolute atomic E-state index is 11.9. The highest BCUT2D eigenvalue weighted by Crippen LogP contribution is 2.15. The summed E-state index contributed by atoms with van der Waals surface area (Å²) in [4.78, 5) is 0. The van der Waals surface area contributed by atoms with Gasteiger partial charge in [0.1, 0.15) is 0 Å². The molecule has 1 heterocycles. The Kier molecular flexibility index (Phi) is 4.76. The summed E-state index contributed by atoms with van der Waals surface area (Å²) >= 11 is 0. The van der Waals surface area contributed by atoms with Gasteiger partial charge in [0.15, 0.2) is 0 Å². The molecule has 1 aliphatic heterocycles. The first-order valence-electron chi connectivity index (χ1n) is 6.07. The Morgan fingerprint density at radius 3 is 2.62 bits per heavy atom. The van der Waals surface area contributed by atoms with Crippen molar-refractivity contribution in [1.82, 2.24) is 10.0 Å². The molecule has 0 bridgehead atoms. The molecule has 0 radical (unpaired) electrons. The summed E-state index contributed by atoms with van der Waals surface area (Å²) in [6.07, 6.45) is 2.90. The van der Waals surface area contributed by atoms with Crippen LogP contribution in [0.4, 0.5) is 0 Å². The van der Waals surface area contributed by atoms with Gasteiger partial charge in [-0.25, -0.2) is 13.1 Å². The summed E-state index contributed by atoms with van der Waals surface area (Å²) in [7, 11) is -3.14. The molecule has 2 N–H and O–H groups in total. The molecule has 0 aliphatic carbocycles. The number of hydrogen-bond donors (Lipinski definition) is 2. The largest absolute Gasteiger partial charge is 0.316 e. The molecule has 1 atom stereocenters. The lowest BCUT2D eigenvalue weighted by atomic mass is 10.0. The standard InChI is InChI=1S/C11H24N2O2S/c1-4-11(2,3)13-16(14,15)9-10-6-5-7-12-8-10/h10,12-13H,4-9H2,1-3H3. The molecule has 0 aromatic rings. The van der Waals surface area contributed by atoms with Crippen LogP contribution in [0.1, 0.15) is 40.0 Å². The van der Waals surface area contributed by atoms with E-state index in [1.165, 1.54) is 0 Å². The molecule has 1 saturated heterocycles. The van der Waals surface area contributed by atoms with Crippen molar-refractivity contribution in [3.8, 4) is 0 Å². The summed E-state index contributed by atoms with van der Waals surface area (Å²) < 4.78 is 26.6. The molecular weight excluding hydrogens is 224 g/mol. The average molecular weight is 248 g/mol. The van der Waals surface area contributed by atoms with Crippen molar-refractivity contribution in [3.05, 3.63) is 0 Å². The summed E-state index contributed by atoms with van der Waals surface area (Å²) in [5.41, 5.74) is -0.332. The van der Waals surface area contributed by atoms with E-state index in [1.54, 1.807) is 0 Å². The smallest absolute Gasteiger partial charge is 0.212 e. The maximum atomic E-state index is 11.9. The molecule has 96 valence electrons. The molecule has 0 spiro atoms. The number of sulfonamides is 1. The molecule has 1 unspecified atom stereocenters. The second-order valence-corrected chi connectivity index (χ2v) is 7.10. The van der Waals surface area contributed by atoms with E-state index in [9.17, 15) is 8.42 Å². The first-order chi connectivity index (χ1) is 7.35. The zero-order chi connectivity index (χ0) is 12.2. The predicted octanol–water partition coefficient (Wildman–Crippen LogP) is 1.09. The molecule has 0 saturated carbocycles. The average Bonchev–Trinajstić information content (AvgIpc) is 2.17. The minimum absolute atomic E-state index is 0.253. The van der Waals surface area contributed by atoms with Crippen LogP contribution in [0.2, 0.25) is 0 Å². The highest BCUT2D eigenvalue weighted by molar-refractivity contribution is 7.89. The van der Waals surface area contributed by atoms with Crippen LogP contribution in [-0.2, 0) is 10.0 Å². The third-order valence-corrected chi connectivity index (χ3v) is 4.94. The highest BCUT2D eigenvalue weighted by Gasteiger charge is 2.26. The Hall–Kier alpha value is -0.130. The van der Waals surface area contributed by atoms with E-state index in [4.69, 9.17) is 0 Å². The van der Waals surface area contributed by atoms with Crippen LogP contribution in [-0.4, -0.2) is 32.8 Å². The molecule has 1 fully saturated rings. The minimum Gasteiger partial charge on any atom is -0.316 e. The summed E-state index contributed by atoms with van der Waals surface area (Å²) in [6.45, 7) is 7.68. The Balaban J connectivity index is 2.50. The lowest BCUT2D eigenvalue weighted by Crippen LogP contribution is -2.46. The molecule has 0 aromatic heterocycles. The van der Waals surface area contributed by atoms with Crippen LogP contribution < -0.4 is 10.0 Å². The van der Waals surface area contributed by atoms with Gasteiger partial charge in [0.05, 0.1) is 5.75 Å². The van der Waals surface area contributed by atoms with Crippen molar-refractivity contribution < 1.29 is 8.42 Å². The van der Waals surface area contributed by atoms with Crippen LogP contribution >= 0.6 is 0 Å². The second kappa shape index (κ2) is 5.47. The van der Waals surface area contributed by atoms with Gasteiger partial charge in [-0.1, -0.05) is 6.92 Å². The molecule has 0 aromatic carbocycles. The van der Waals surface area contributed by atoms with Crippen LogP contribution in [0.3, 0.4) is 0 Å². The fourth-order valence-corrected chi connectivity index (χ4v) is 3.89. The van der Waals surface area contributed by atoms with Crippen molar-refractivity contribution in [2.75, 3.05) is 18.8 Å². The van der Waals surface area contributed by atoms with Gasteiger partial charge in [-0.05, 0) is 52.1 Å².